The molecule has 1 fully saturated rings. The van der Waals surface area contributed by atoms with Gasteiger partial charge in [0.15, 0.2) is 0 Å². The number of benzene rings is 2. The van der Waals surface area contributed by atoms with Gasteiger partial charge in [0, 0.05) is 5.02 Å². The molecule has 0 aromatic heterocycles. The summed E-state index contributed by atoms with van der Waals surface area (Å²) in [7, 11) is 0. The van der Waals surface area contributed by atoms with Crippen LogP contribution in [0.4, 0.5) is 5.69 Å². The fraction of sp³-hybridized carbons (Fsp3) is 0.200. The fourth-order valence-corrected chi connectivity index (χ4v) is 2.61. The lowest BCUT2D eigenvalue weighted by Crippen LogP contribution is -2.34. The highest BCUT2D eigenvalue weighted by Crippen LogP contribution is 2.25. The number of nitrogens with zero attached hydrogens (tertiary/aromatic N) is 2. The van der Waals surface area contributed by atoms with Crippen molar-refractivity contribution < 1.29 is 4.79 Å². The smallest absolute Gasteiger partial charge is 0.281 e. The van der Waals surface area contributed by atoms with Crippen molar-refractivity contribution in [1.82, 2.24) is 5.32 Å². The third-order valence-electron chi connectivity index (χ3n) is 3.53. The number of carbonyl (C=O) groups is 1. The largest absolute Gasteiger partial charge is 0.321 e. The van der Waals surface area contributed by atoms with Crippen molar-refractivity contribution in [3.63, 3.8) is 0 Å². The molecule has 0 spiro atoms. The third kappa shape index (κ3) is 4.09. The number of nitrogens with one attached hydrogen (secondary N) is 1. The van der Waals surface area contributed by atoms with E-state index in [4.69, 9.17) is 11.6 Å². The molecule has 3 rings (SSSR count). The van der Waals surface area contributed by atoms with Crippen LogP contribution < -0.4 is 10.2 Å². The van der Waals surface area contributed by atoms with Crippen LogP contribution in [0.1, 0.15) is 26.3 Å². The Morgan fingerprint density at radius 2 is 1.68 bits per heavy atom. The highest BCUT2D eigenvalue weighted by molar-refractivity contribution is 6.31. The van der Waals surface area contributed by atoms with Crippen molar-refractivity contribution in [1.29, 1.82) is 0 Å². The highest BCUT2D eigenvalue weighted by Gasteiger charge is 2.34. The van der Waals surface area contributed by atoms with E-state index in [1.165, 1.54) is 0 Å². The number of hydrogen-bond donors (Lipinski definition) is 1. The van der Waals surface area contributed by atoms with Gasteiger partial charge in [-0.1, -0.05) is 41.9 Å². The summed E-state index contributed by atoms with van der Waals surface area (Å²) in [6.07, 6.45) is 1.83. The van der Waals surface area contributed by atoms with Crippen LogP contribution >= 0.6 is 11.6 Å². The lowest BCUT2D eigenvalue weighted by molar-refractivity contribution is -0.113. The number of carbonyl (C=O) groups excluding carboxylic acids is 1. The van der Waals surface area contributed by atoms with Crippen molar-refractivity contribution in [3.05, 3.63) is 70.9 Å². The molecule has 128 valence electrons. The number of guanidine groups is 1. The maximum absolute atomic E-state index is 13.0. The van der Waals surface area contributed by atoms with Crippen LogP contribution in [0.5, 0.6) is 0 Å². The molecule has 2 aromatic carbocycles. The minimum Gasteiger partial charge on any atom is -0.321 e. The van der Waals surface area contributed by atoms with Crippen molar-refractivity contribution >= 4 is 35.2 Å². The lowest BCUT2D eigenvalue weighted by atomic mass is 10.1. The minimum atomic E-state index is -0.324. The SMILES string of the molecule is CC(C)(C)N=C1N/C(=C\c2ccccc2)C(=O)N1c1ccc(Cl)cc1. The van der Waals surface area contributed by atoms with Gasteiger partial charge < -0.3 is 5.32 Å². The summed E-state index contributed by atoms with van der Waals surface area (Å²) >= 11 is 5.97. The first-order valence-corrected chi connectivity index (χ1v) is 8.45. The van der Waals surface area contributed by atoms with E-state index < -0.39 is 0 Å². The Balaban J connectivity index is 2.04. The van der Waals surface area contributed by atoms with Crippen molar-refractivity contribution in [2.45, 2.75) is 26.3 Å². The Kier molecular flexibility index (Phi) is 4.64. The van der Waals surface area contributed by atoms with E-state index in [2.05, 4.69) is 10.3 Å². The van der Waals surface area contributed by atoms with E-state index >= 15 is 0 Å². The molecule has 2 aromatic rings. The molecule has 1 saturated heterocycles. The number of rotatable bonds is 2. The monoisotopic (exact) mass is 353 g/mol. The molecule has 4 nitrogen and oxygen atoms in total. The zero-order valence-corrected chi connectivity index (χ0v) is 15.2. The minimum absolute atomic E-state index is 0.144. The molecule has 1 heterocycles. The van der Waals surface area contributed by atoms with Crippen LogP contribution in [0.25, 0.3) is 6.08 Å². The highest BCUT2D eigenvalue weighted by atomic mass is 35.5. The van der Waals surface area contributed by atoms with Gasteiger partial charge in [-0.05, 0) is 56.7 Å². The first-order chi connectivity index (χ1) is 11.8. The van der Waals surface area contributed by atoms with E-state index in [9.17, 15) is 4.79 Å². The van der Waals surface area contributed by atoms with Gasteiger partial charge in [0.25, 0.3) is 5.91 Å². The van der Waals surface area contributed by atoms with Crippen LogP contribution in [0.3, 0.4) is 0 Å². The van der Waals surface area contributed by atoms with E-state index in [1.807, 2.05) is 69.3 Å². The molecular formula is C20H20ClN3O. The Hall–Kier alpha value is -2.59. The second kappa shape index (κ2) is 6.73. The molecule has 0 saturated carbocycles. The molecule has 0 unspecified atom stereocenters. The summed E-state index contributed by atoms with van der Waals surface area (Å²) in [5.74, 6) is 0.371. The van der Waals surface area contributed by atoms with Crippen LogP contribution in [0.2, 0.25) is 5.02 Å². The maximum Gasteiger partial charge on any atom is 0.281 e. The lowest BCUT2D eigenvalue weighted by Gasteiger charge is -2.19. The Bertz CT molecular complexity index is 833. The fourth-order valence-electron chi connectivity index (χ4n) is 2.49. The topological polar surface area (TPSA) is 44.7 Å². The van der Waals surface area contributed by atoms with Gasteiger partial charge in [-0.2, -0.15) is 0 Å². The number of amides is 1. The quantitative estimate of drug-likeness (QED) is 0.809. The molecule has 0 atom stereocenters. The zero-order valence-electron chi connectivity index (χ0n) is 14.5. The zero-order chi connectivity index (χ0) is 18.0. The molecular weight excluding hydrogens is 334 g/mol. The van der Waals surface area contributed by atoms with Gasteiger partial charge in [-0.15, -0.1) is 0 Å². The average molecular weight is 354 g/mol. The molecule has 0 radical (unpaired) electrons. The van der Waals surface area contributed by atoms with Gasteiger partial charge in [-0.3, -0.25) is 4.79 Å². The summed E-state index contributed by atoms with van der Waals surface area (Å²) < 4.78 is 0. The summed E-state index contributed by atoms with van der Waals surface area (Å²) in [5, 5.41) is 3.79. The number of anilines is 1. The Labute approximate surface area is 152 Å². The first-order valence-electron chi connectivity index (χ1n) is 8.07. The predicted molar refractivity (Wildman–Crippen MR) is 104 cm³/mol. The van der Waals surface area contributed by atoms with Crippen molar-refractivity contribution in [2.24, 2.45) is 4.99 Å². The molecule has 0 bridgehead atoms. The molecule has 0 aliphatic carbocycles. The Morgan fingerprint density at radius 1 is 1.04 bits per heavy atom. The molecule has 1 N–H and O–H groups in total. The number of halogens is 1. The predicted octanol–water partition coefficient (Wildman–Crippen LogP) is 4.47. The normalized spacial score (nSPS) is 18.1. The van der Waals surface area contributed by atoms with Crippen molar-refractivity contribution in [2.75, 3.05) is 4.90 Å². The number of aliphatic imine (C=N–C) groups is 1. The molecule has 25 heavy (non-hydrogen) atoms. The molecule has 1 aliphatic rings. The van der Waals surface area contributed by atoms with Crippen LogP contribution in [0, 0.1) is 0 Å². The standard InChI is InChI=1S/C20H20ClN3O/c1-20(2,3)23-19-22-17(13-14-7-5-4-6-8-14)18(25)24(19)16-11-9-15(21)10-12-16/h4-13H,1-3H3,(H,22,23)/b17-13-. The first kappa shape index (κ1) is 17.2. The van der Waals surface area contributed by atoms with Crippen LogP contribution in [-0.4, -0.2) is 17.4 Å². The second-order valence-corrected chi connectivity index (χ2v) is 7.25. The van der Waals surface area contributed by atoms with E-state index in [0.29, 0.717) is 16.7 Å². The van der Waals surface area contributed by atoms with Gasteiger partial charge >= 0.3 is 0 Å². The van der Waals surface area contributed by atoms with E-state index in [0.717, 1.165) is 11.3 Å². The summed E-state index contributed by atoms with van der Waals surface area (Å²) in [6.45, 7) is 5.97. The van der Waals surface area contributed by atoms with Gasteiger partial charge in [0.1, 0.15) is 5.70 Å². The summed E-state index contributed by atoms with van der Waals surface area (Å²) in [5.41, 5.74) is 1.84. The van der Waals surface area contributed by atoms with Gasteiger partial charge in [-0.25, -0.2) is 9.89 Å². The second-order valence-electron chi connectivity index (χ2n) is 6.82. The molecule has 5 heteroatoms. The Morgan fingerprint density at radius 3 is 2.28 bits per heavy atom. The number of hydrogen-bond acceptors (Lipinski definition) is 2. The van der Waals surface area contributed by atoms with Crippen molar-refractivity contribution in [3.8, 4) is 0 Å². The molecule has 1 aliphatic heterocycles. The van der Waals surface area contributed by atoms with Gasteiger partial charge in [0.2, 0.25) is 5.96 Å². The summed E-state index contributed by atoms with van der Waals surface area (Å²) in [4.78, 5) is 19.2. The maximum atomic E-state index is 13.0. The van der Waals surface area contributed by atoms with E-state index in [-0.39, 0.29) is 11.4 Å². The van der Waals surface area contributed by atoms with Crippen LogP contribution in [0.15, 0.2) is 65.3 Å². The summed E-state index contributed by atoms with van der Waals surface area (Å²) in [6, 6.07) is 16.9. The van der Waals surface area contributed by atoms with Crippen LogP contribution in [-0.2, 0) is 4.79 Å². The third-order valence-corrected chi connectivity index (χ3v) is 3.78. The molecule has 1 amide bonds. The average Bonchev–Trinajstić information content (AvgIpc) is 2.83. The van der Waals surface area contributed by atoms with Gasteiger partial charge in [0.05, 0.1) is 11.2 Å². The van der Waals surface area contributed by atoms with E-state index in [1.54, 1.807) is 17.0 Å².